The third-order valence-electron chi connectivity index (χ3n) is 5.57. The lowest BCUT2D eigenvalue weighted by molar-refractivity contribution is -0.140. The molecule has 0 fully saturated rings. The van der Waals surface area contributed by atoms with Crippen molar-refractivity contribution in [2.75, 3.05) is 6.54 Å². The summed E-state index contributed by atoms with van der Waals surface area (Å²) in [6, 6.07) is 26.9. The van der Waals surface area contributed by atoms with Crippen molar-refractivity contribution in [1.29, 1.82) is 0 Å². The molecule has 1 N–H and O–H groups in total. The van der Waals surface area contributed by atoms with E-state index in [1.807, 2.05) is 84.9 Å². The van der Waals surface area contributed by atoms with Crippen LogP contribution in [0.15, 0.2) is 89.4 Å². The van der Waals surface area contributed by atoms with Crippen LogP contribution in [-0.4, -0.2) is 29.3 Å². The molecule has 0 aliphatic carbocycles. The van der Waals surface area contributed by atoms with Gasteiger partial charge in [0, 0.05) is 24.0 Å². The molecule has 0 bridgehead atoms. The fraction of sp³-hybridized carbons (Fsp3) is 0.286. The van der Waals surface area contributed by atoms with E-state index < -0.39 is 6.04 Å². The van der Waals surface area contributed by atoms with E-state index in [2.05, 4.69) is 28.2 Å². The van der Waals surface area contributed by atoms with Crippen LogP contribution in [0.25, 0.3) is 0 Å². The maximum atomic E-state index is 13.6. The summed E-state index contributed by atoms with van der Waals surface area (Å²) >= 11 is 3.47. The van der Waals surface area contributed by atoms with Gasteiger partial charge in [0.1, 0.15) is 6.04 Å². The zero-order valence-corrected chi connectivity index (χ0v) is 20.6. The molecule has 0 heterocycles. The van der Waals surface area contributed by atoms with E-state index in [4.69, 9.17) is 0 Å². The number of rotatable bonds is 11. The standard InChI is InChI=1S/C28H31BrN2O2/c1-2-3-18-30-28(33)26(19-22-10-6-4-7-11-22)31(21-24-14-16-25(29)17-15-24)27(32)20-23-12-8-5-9-13-23/h4-17,26H,2-3,18-21H2,1H3,(H,30,33). The lowest BCUT2D eigenvalue weighted by Crippen LogP contribution is -2.51. The summed E-state index contributed by atoms with van der Waals surface area (Å²) in [4.78, 5) is 28.7. The first-order valence-corrected chi connectivity index (χ1v) is 12.3. The van der Waals surface area contributed by atoms with Gasteiger partial charge in [0.25, 0.3) is 0 Å². The third kappa shape index (κ3) is 7.86. The largest absolute Gasteiger partial charge is 0.354 e. The molecule has 0 spiro atoms. The van der Waals surface area contributed by atoms with Gasteiger partial charge in [-0.2, -0.15) is 0 Å². The van der Waals surface area contributed by atoms with Gasteiger partial charge in [0.05, 0.1) is 6.42 Å². The zero-order valence-electron chi connectivity index (χ0n) is 19.0. The molecule has 5 heteroatoms. The Morgan fingerprint density at radius 2 is 1.45 bits per heavy atom. The first kappa shape index (κ1) is 24.7. The Balaban J connectivity index is 1.91. The molecule has 3 aromatic rings. The molecule has 0 aliphatic heterocycles. The van der Waals surface area contributed by atoms with Crippen LogP contribution in [0.4, 0.5) is 0 Å². The predicted molar refractivity (Wildman–Crippen MR) is 137 cm³/mol. The second kappa shape index (κ2) is 12.9. The van der Waals surface area contributed by atoms with E-state index >= 15 is 0 Å². The zero-order chi connectivity index (χ0) is 23.5. The molecular formula is C28H31BrN2O2. The Hall–Kier alpha value is -2.92. The van der Waals surface area contributed by atoms with Gasteiger partial charge < -0.3 is 10.2 Å². The Bertz CT molecular complexity index is 1010. The van der Waals surface area contributed by atoms with Crippen LogP contribution in [0.2, 0.25) is 0 Å². The number of hydrogen-bond acceptors (Lipinski definition) is 2. The Morgan fingerprint density at radius 3 is 2.06 bits per heavy atom. The van der Waals surface area contributed by atoms with E-state index in [0.717, 1.165) is 34.0 Å². The van der Waals surface area contributed by atoms with Crippen LogP contribution in [0.5, 0.6) is 0 Å². The quantitative estimate of drug-likeness (QED) is 0.346. The summed E-state index contributed by atoms with van der Waals surface area (Å²) in [6.45, 7) is 3.08. The number of carbonyl (C=O) groups excluding carboxylic acids is 2. The predicted octanol–water partition coefficient (Wildman–Crippen LogP) is 5.55. The Labute approximate surface area is 205 Å². The Morgan fingerprint density at radius 1 is 0.848 bits per heavy atom. The number of hydrogen-bond donors (Lipinski definition) is 1. The average molecular weight is 507 g/mol. The second-order valence-electron chi connectivity index (χ2n) is 8.16. The number of benzene rings is 3. The molecule has 0 saturated carbocycles. The summed E-state index contributed by atoms with van der Waals surface area (Å²) < 4.78 is 0.978. The van der Waals surface area contributed by atoms with Crippen LogP contribution in [0, 0.1) is 0 Å². The molecule has 0 saturated heterocycles. The Kier molecular flexibility index (Phi) is 9.70. The van der Waals surface area contributed by atoms with E-state index in [0.29, 0.717) is 19.5 Å². The smallest absolute Gasteiger partial charge is 0.243 e. The van der Waals surface area contributed by atoms with Crippen LogP contribution in [0.1, 0.15) is 36.5 Å². The van der Waals surface area contributed by atoms with Crippen molar-refractivity contribution in [1.82, 2.24) is 10.2 Å². The van der Waals surface area contributed by atoms with Crippen LogP contribution < -0.4 is 5.32 Å². The molecule has 4 nitrogen and oxygen atoms in total. The fourth-order valence-electron chi connectivity index (χ4n) is 3.72. The van der Waals surface area contributed by atoms with E-state index in [-0.39, 0.29) is 18.2 Å². The molecule has 3 rings (SSSR count). The van der Waals surface area contributed by atoms with Crippen molar-refractivity contribution < 1.29 is 9.59 Å². The summed E-state index contributed by atoms with van der Waals surface area (Å²) in [5.74, 6) is -0.165. The highest BCUT2D eigenvalue weighted by Gasteiger charge is 2.30. The van der Waals surface area contributed by atoms with Crippen molar-refractivity contribution in [3.8, 4) is 0 Å². The maximum absolute atomic E-state index is 13.6. The fourth-order valence-corrected chi connectivity index (χ4v) is 3.98. The number of unbranched alkanes of at least 4 members (excludes halogenated alkanes) is 1. The number of halogens is 1. The summed E-state index contributed by atoms with van der Waals surface area (Å²) in [7, 11) is 0. The highest BCUT2D eigenvalue weighted by atomic mass is 79.9. The number of amides is 2. The highest BCUT2D eigenvalue weighted by Crippen LogP contribution is 2.18. The average Bonchev–Trinajstić information content (AvgIpc) is 2.84. The first-order chi connectivity index (χ1) is 16.1. The van der Waals surface area contributed by atoms with E-state index in [1.54, 1.807) is 4.90 Å². The minimum absolute atomic E-state index is 0.0595. The third-order valence-corrected chi connectivity index (χ3v) is 6.09. The lowest BCUT2D eigenvalue weighted by Gasteiger charge is -2.31. The number of carbonyl (C=O) groups is 2. The van der Waals surface area contributed by atoms with Crippen LogP contribution in [-0.2, 0) is 29.0 Å². The van der Waals surface area contributed by atoms with Gasteiger partial charge in [-0.1, -0.05) is 102 Å². The van der Waals surface area contributed by atoms with Gasteiger partial charge in [0.2, 0.25) is 11.8 Å². The SMILES string of the molecule is CCCCNC(=O)C(Cc1ccccc1)N(Cc1ccc(Br)cc1)C(=O)Cc1ccccc1. The van der Waals surface area contributed by atoms with Crippen LogP contribution >= 0.6 is 15.9 Å². The van der Waals surface area contributed by atoms with Crippen molar-refractivity contribution >= 4 is 27.7 Å². The molecule has 0 radical (unpaired) electrons. The molecule has 0 aliphatic rings. The number of nitrogens with zero attached hydrogens (tertiary/aromatic N) is 1. The summed E-state index contributed by atoms with van der Waals surface area (Å²) in [5, 5.41) is 3.06. The normalized spacial score (nSPS) is 11.6. The van der Waals surface area contributed by atoms with Gasteiger partial charge in [0.15, 0.2) is 0 Å². The van der Waals surface area contributed by atoms with Gasteiger partial charge in [-0.25, -0.2) is 0 Å². The van der Waals surface area contributed by atoms with Crippen molar-refractivity contribution in [3.63, 3.8) is 0 Å². The highest BCUT2D eigenvalue weighted by molar-refractivity contribution is 9.10. The summed E-state index contributed by atoms with van der Waals surface area (Å²) in [5.41, 5.74) is 2.95. The minimum Gasteiger partial charge on any atom is -0.354 e. The van der Waals surface area contributed by atoms with Crippen molar-refractivity contribution in [2.45, 2.75) is 45.2 Å². The first-order valence-electron chi connectivity index (χ1n) is 11.5. The monoisotopic (exact) mass is 506 g/mol. The molecule has 0 aromatic heterocycles. The molecular weight excluding hydrogens is 476 g/mol. The van der Waals surface area contributed by atoms with Crippen molar-refractivity contribution in [3.05, 3.63) is 106 Å². The number of nitrogens with one attached hydrogen (secondary N) is 1. The second-order valence-corrected chi connectivity index (χ2v) is 9.08. The summed E-state index contributed by atoms with van der Waals surface area (Å²) in [6.07, 6.45) is 2.63. The topological polar surface area (TPSA) is 49.4 Å². The molecule has 1 atom stereocenters. The van der Waals surface area contributed by atoms with Gasteiger partial charge >= 0.3 is 0 Å². The van der Waals surface area contributed by atoms with Crippen molar-refractivity contribution in [2.24, 2.45) is 0 Å². The van der Waals surface area contributed by atoms with Crippen LogP contribution in [0.3, 0.4) is 0 Å². The van der Waals surface area contributed by atoms with E-state index in [1.165, 1.54) is 0 Å². The maximum Gasteiger partial charge on any atom is 0.243 e. The van der Waals surface area contributed by atoms with Gasteiger partial charge in [-0.3, -0.25) is 9.59 Å². The molecule has 3 aromatic carbocycles. The minimum atomic E-state index is -0.593. The lowest BCUT2D eigenvalue weighted by atomic mass is 10.0. The van der Waals surface area contributed by atoms with Gasteiger partial charge in [-0.05, 0) is 35.2 Å². The molecule has 1 unspecified atom stereocenters. The van der Waals surface area contributed by atoms with Gasteiger partial charge in [-0.15, -0.1) is 0 Å². The van der Waals surface area contributed by atoms with E-state index in [9.17, 15) is 9.59 Å². The molecule has 33 heavy (non-hydrogen) atoms. The molecule has 172 valence electrons. The molecule has 2 amide bonds.